The van der Waals surface area contributed by atoms with Gasteiger partial charge in [-0.1, -0.05) is 13.8 Å². The van der Waals surface area contributed by atoms with E-state index in [0.717, 1.165) is 0 Å². The Bertz CT molecular complexity index is 291. The number of alkyl halides is 3. The largest absolute Gasteiger partial charge is 0.480 e. The van der Waals surface area contributed by atoms with Crippen molar-refractivity contribution in [2.24, 2.45) is 5.92 Å². The summed E-state index contributed by atoms with van der Waals surface area (Å²) < 4.78 is 39.3. The molecule has 0 bridgehead atoms. The van der Waals surface area contributed by atoms with E-state index in [1.165, 1.54) is 0 Å². The fourth-order valence-electron chi connectivity index (χ4n) is 1.11. The summed E-state index contributed by atoms with van der Waals surface area (Å²) in [7, 11) is 0. The molecule has 0 aliphatic carbocycles. The molecule has 0 saturated carbocycles. The van der Waals surface area contributed by atoms with Crippen LogP contribution in [0.1, 0.15) is 20.3 Å². The van der Waals surface area contributed by atoms with Gasteiger partial charge in [0.25, 0.3) is 0 Å². The van der Waals surface area contributed by atoms with Crippen LogP contribution in [0.4, 0.5) is 13.2 Å². The van der Waals surface area contributed by atoms with Gasteiger partial charge in [0.15, 0.2) is 0 Å². The van der Waals surface area contributed by atoms with E-state index < -0.39 is 37.3 Å². The molecular weight excluding hydrogens is 255 g/mol. The Morgan fingerprint density at radius 2 is 1.89 bits per heavy atom. The molecule has 0 aliphatic heterocycles. The molecule has 5 nitrogen and oxygen atoms in total. The summed E-state index contributed by atoms with van der Waals surface area (Å²) in [6.45, 7) is 1.39. The van der Waals surface area contributed by atoms with Crippen LogP contribution in [0.25, 0.3) is 0 Å². The molecule has 0 aliphatic rings. The highest BCUT2D eigenvalue weighted by Gasteiger charge is 2.27. The average molecular weight is 271 g/mol. The smallest absolute Gasteiger partial charge is 0.411 e. The number of hydrogen-bond acceptors (Lipinski definition) is 3. The van der Waals surface area contributed by atoms with Gasteiger partial charge < -0.3 is 15.2 Å². The molecule has 0 aromatic carbocycles. The zero-order valence-corrected chi connectivity index (χ0v) is 10.1. The first-order chi connectivity index (χ1) is 8.13. The molecule has 0 aromatic heterocycles. The van der Waals surface area contributed by atoms with E-state index in [4.69, 9.17) is 5.11 Å². The molecule has 0 saturated heterocycles. The minimum absolute atomic E-state index is 0.313. The molecule has 18 heavy (non-hydrogen) atoms. The van der Waals surface area contributed by atoms with E-state index in [-0.39, 0.29) is 12.3 Å². The fourth-order valence-corrected chi connectivity index (χ4v) is 1.11. The monoisotopic (exact) mass is 271 g/mol. The summed E-state index contributed by atoms with van der Waals surface area (Å²) in [4.78, 5) is 22.0. The number of nitrogens with one attached hydrogen (secondary N) is 1. The van der Waals surface area contributed by atoms with Crippen LogP contribution in [-0.2, 0) is 14.3 Å². The first-order valence-corrected chi connectivity index (χ1v) is 5.30. The minimum atomic E-state index is -4.43. The molecule has 2 N–H and O–H groups in total. The van der Waals surface area contributed by atoms with Gasteiger partial charge in [0.05, 0.1) is 6.61 Å². The lowest BCUT2D eigenvalue weighted by Crippen LogP contribution is -2.44. The van der Waals surface area contributed by atoms with E-state index in [1.54, 1.807) is 13.8 Å². The van der Waals surface area contributed by atoms with Crippen molar-refractivity contribution in [3.05, 3.63) is 0 Å². The number of carbonyl (C=O) groups is 2. The predicted octanol–water partition coefficient (Wildman–Crippen LogP) is 1.18. The highest BCUT2D eigenvalue weighted by Crippen LogP contribution is 2.14. The molecule has 0 rings (SSSR count). The SMILES string of the molecule is CC(C)[C@H](NC(=O)CCOCC(F)(F)F)C(=O)O. The van der Waals surface area contributed by atoms with Crippen LogP contribution in [-0.4, -0.2) is 42.4 Å². The van der Waals surface area contributed by atoms with Gasteiger partial charge in [-0.15, -0.1) is 0 Å². The van der Waals surface area contributed by atoms with Crippen molar-refractivity contribution in [3.63, 3.8) is 0 Å². The van der Waals surface area contributed by atoms with Crippen LogP contribution < -0.4 is 5.32 Å². The lowest BCUT2D eigenvalue weighted by Gasteiger charge is -2.17. The zero-order chi connectivity index (χ0) is 14.3. The second kappa shape index (κ2) is 7.20. The number of ether oxygens (including phenoxy) is 1. The van der Waals surface area contributed by atoms with Gasteiger partial charge in [-0.2, -0.15) is 13.2 Å². The highest BCUT2D eigenvalue weighted by molar-refractivity contribution is 5.83. The first-order valence-electron chi connectivity index (χ1n) is 5.30. The number of hydrogen-bond donors (Lipinski definition) is 2. The fraction of sp³-hybridized carbons (Fsp3) is 0.800. The van der Waals surface area contributed by atoms with Gasteiger partial charge in [-0.05, 0) is 5.92 Å². The van der Waals surface area contributed by atoms with Crippen LogP contribution in [0.2, 0.25) is 0 Å². The number of carboxylic acids is 1. The summed E-state index contributed by atoms with van der Waals surface area (Å²) in [5.74, 6) is -2.16. The van der Waals surface area contributed by atoms with E-state index in [1.807, 2.05) is 0 Å². The van der Waals surface area contributed by atoms with Crippen molar-refractivity contribution >= 4 is 11.9 Å². The molecule has 0 unspecified atom stereocenters. The van der Waals surface area contributed by atoms with Crippen LogP contribution in [0, 0.1) is 5.92 Å². The number of carbonyl (C=O) groups excluding carboxylic acids is 1. The van der Waals surface area contributed by atoms with Crippen molar-refractivity contribution in [2.45, 2.75) is 32.5 Å². The second-order valence-electron chi connectivity index (χ2n) is 4.05. The van der Waals surface area contributed by atoms with E-state index in [2.05, 4.69) is 10.1 Å². The van der Waals surface area contributed by atoms with Crippen molar-refractivity contribution in [1.82, 2.24) is 5.32 Å². The third-order valence-electron chi connectivity index (χ3n) is 1.99. The van der Waals surface area contributed by atoms with E-state index in [9.17, 15) is 22.8 Å². The van der Waals surface area contributed by atoms with Crippen molar-refractivity contribution in [3.8, 4) is 0 Å². The third-order valence-corrected chi connectivity index (χ3v) is 1.99. The Morgan fingerprint density at radius 3 is 2.28 bits per heavy atom. The van der Waals surface area contributed by atoms with Crippen molar-refractivity contribution < 1.29 is 32.6 Å². The molecule has 0 fully saturated rings. The Kier molecular flexibility index (Phi) is 6.67. The van der Waals surface area contributed by atoms with Gasteiger partial charge >= 0.3 is 12.1 Å². The van der Waals surface area contributed by atoms with Gasteiger partial charge in [-0.3, -0.25) is 4.79 Å². The van der Waals surface area contributed by atoms with Crippen LogP contribution in [0.5, 0.6) is 0 Å². The topological polar surface area (TPSA) is 75.6 Å². The van der Waals surface area contributed by atoms with Gasteiger partial charge in [0.2, 0.25) is 5.91 Å². The number of halogens is 3. The number of aliphatic carboxylic acids is 1. The van der Waals surface area contributed by atoms with Crippen LogP contribution >= 0.6 is 0 Å². The van der Waals surface area contributed by atoms with Crippen LogP contribution in [0.15, 0.2) is 0 Å². The second-order valence-corrected chi connectivity index (χ2v) is 4.05. The molecule has 0 aromatic rings. The number of amides is 1. The summed E-state index contributed by atoms with van der Waals surface area (Å²) in [6.07, 6.45) is -4.75. The maximum atomic E-state index is 11.7. The standard InChI is InChI=1S/C10H16F3NO4/c1-6(2)8(9(16)17)14-7(15)3-4-18-5-10(11,12)13/h6,8H,3-5H2,1-2H3,(H,14,15)(H,16,17)/t8-/m0/s1. The maximum absolute atomic E-state index is 11.7. The minimum Gasteiger partial charge on any atom is -0.480 e. The van der Waals surface area contributed by atoms with Crippen molar-refractivity contribution in [2.75, 3.05) is 13.2 Å². The first kappa shape index (κ1) is 16.7. The molecule has 8 heteroatoms. The highest BCUT2D eigenvalue weighted by atomic mass is 19.4. The molecule has 0 heterocycles. The summed E-state index contributed by atoms with van der Waals surface area (Å²) >= 11 is 0. The Morgan fingerprint density at radius 1 is 1.33 bits per heavy atom. The molecular formula is C10H16F3NO4. The van der Waals surface area contributed by atoms with Gasteiger partial charge in [-0.25, -0.2) is 4.79 Å². The lowest BCUT2D eigenvalue weighted by molar-refractivity contribution is -0.174. The number of rotatable bonds is 7. The molecule has 106 valence electrons. The average Bonchev–Trinajstić information content (AvgIpc) is 2.18. The van der Waals surface area contributed by atoms with Crippen LogP contribution in [0.3, 0.4) is 0 Å². The Balaban J connectivity index is 3.93. The molecule has 1 amide bonds. The maximum Gasteiger partial charge on any atom is 0.411 e. The molecule has 0 spiro atoms. The molecule has 1 atom stereocenters. The van der Waals surface area contributed by atoms with Gasteiger partial charge in [0.1, 0.15) is 12.6 Å². The van der Waals surface area contributed by atoms with Gasteiger partial charge in [0, 0.05) is 6.42 Å². The summed E-state index contributed by atoms with van der Waals surface area (Å²) in [5.41, 5.74) is 0. The quantitative estimate of drug-likeness (QED) is 0.682. The summed E-state index contributed by atoms with van der Waals surface area (Å²) in [6, 6.07) is -1.06. The zero-order valence-electron chi connectivity index (χ0n) is 10.1. The predicted molar refractivity (Wildman–Crippen MR) is 55.9 cm³/mol. The van der Waals surface area contributed by atoms with E-state index in [0.29, 0.717) is 0 Å². The van der Waals surface area contributed by atoms with Crippen molar-refractivity contribution in [1.29, 1.82) is 0 Å². The Hall–Kier alpha value is -1.31. The lowest BCUT2D eigenvalue weighted by atomic mass is 10.0. The number of carboxylic acid groups (broad SMARTS) is 1. The van der Waals surface area contributed by atoms with E-state index >= 15 is 0 Å². The third kappa shape index (κ3) is 7.88. The normalized spacial score (nSPS) is 13.4. The Labute approximate surface area is 102 Å². The summed E-state index contributed by atoms with van der Waals surface area (Å²) in [5, 5.41) is 11.0. The molecule has 0 radical (unpaired) electrons.